The quantitative estimate of drug-likeness (QED) is 0.711. The Morgan fingerprint density at radius 3 is 2.29 bits per heavy atom. The first kappa shape index (κ1) is 22.4. The lowest BCUT2D eigenvalue weighted by Gasteiger charge is -2.32. The number of rotatable bonds is 3. The summed E-state index contributed by atoms with van der Waals surface area (Å²) >= 11 is 0. The summed E-state index contributed by atoms with van der Waals surface area (Å²) in [5.74, 6) is -0.175. The van der Waals surface area contributed by atoms with Gasteiger partial charge in [0.1, 0.15) is 5.82 Å². The van der Waals surface area contributed by atoms with Gasteiger partial charge in [-0.05, 0) is 23.8 Å². The van der Waals surface area contributed by atoms with E-state index in [4.69, 9.17) is 0 Å². The molecular formula is C21H23F3N4O3. The van der Waals surface area contributed by atoms with Gasteiger partial charge in [0.2, 0.25) is 5.91 Å². The lowest BCUT2D eigenvalue weighted by molar-refractivity contribution is -0.137. The van der Waals surface area contributed by atoms with Crippen LogP contribution in [0.15, 0.2) is 36.9 Å². The smallest absolute Gasteiger partial charge is 0.416 e. The summed E-state index contributed by atoms with van der Waals surface area (Å²) in [7, 11) is 0. The van der Waals surface area contributed by atoms with Crippen LogP contribution in [0, 0.1) is 0 Å². The van der Waals surface area contributed by atoms with E-state index in [1.807, 2.05) is 20.8 Å². The molecule has 1 unspecified atom stereocenters. The normalized spacial score (nSPS) is 16.6. The lowest BCUT2D eigenvalue weighted by Crippen LogP contribution is -2.51. The van der Waals surface area contributed by atoms with E-state index in [9.17, 15) is 27.9 Å². The largest absolute Gasteiger partial charge is 0.465 e. The van der Waals surface area contributed by atoms with Gasteiger partial charge >= 0.3 is 12.3 Å². The summed E-state index contributed by atoms with van der Waals surface area (Å²) in [4.78, 5) is 24.8. The van der Waals surface area contributed by atoms with Crippen LogP contribution in [0.4, 0.5) is 23.8 Å². The molecule has 10 heteroatoms. The van der Waals surface area contributed by atoms with Crippen molar-refractivity contribution in [3.05, 3.63) is 48.2 Å². The Bertz CT molecular complexity index is 1020. The maximum atomic E-state index is 13.0. The van der Waals surface area contributed by atoms with Crippen LogP contribution in [0.2, 0.25) is 0 Å². The number of aromatic nitrogens is 2. The number of alkyl halides is 3. The van der Waals surface area contributed by atoms with Crippen molar-refractivity contribution in [1.82, 2.24) is 15.1 Å². The minimum atomic E-state index is -4.48. The number of nitrogens with zero attached hydrogens (tertiary/aromatic N) is 3. The molecule has 0 bridgehead atoms. The van der Waals surface area contributed by atoms with Crippen molar-refractivity contribution >= 4 is 17.8 Å². The van der Waals surface area contributed by atoms with Crippen LogP contribution in [0.5, 0.6) is 0 Å². The number of nitrogens with one attached hydrogen (secondary N) is 1. The third-order valence-electron chi connectivity index (χ3n) is 4.95. The number of hydrogen-bond acceptors (Lipinski definition) is 3. The number of benzene rings is 1. The molecule has 0 saturated carbocycles. The number of halogens is 3. The number of carbonyl (C=O) groups is 2. The Morgan fingerprint density at radius 1 is 1.19 bits per heavy atom. The van der Waals surface area contributed by atoms with Crippen LogP contribution in [-0.2, 0) is 22.9 Å². The van der Waals surface area contributed by atoms with E-state index in [0.717, 1.165) is 23.1 Å². The van der Waals surface area contributed by atoms with Crippen LogP contribution in [-0.4, -0.2) is 39.5 Å². The number of amides is 2. The molecule has 1 aliphatic rings. The summed E-state index contributed by atoms with van der Waals surface area (Å²) < 4.78 is 40.5. The third-order valence-corrected chi connectivity index (χ3v) is 4.95. The predicted octanol–water partition coefficient (Wildman–Crippen LogP) is 4.04. The monoisotopic (exact) mass is 436 g/mol. The summed E-state index contributed by atoms with van der Waals surface area (Å²) in [6.07, 6.45) is -4.64. The van der Waals surface area contributed by atoms with Crippen molar-refractivity contribution in [1.29, 1.82) is 0 Å². The summed E-state index contributed by atoms with van der Waals surface area (Å²) in [5, 5.41) is 17.1. The minimum Gasteiger partial charge on any atom is -0.465 e. The van der Waals surface area contributed by atoms with Crippen LogP contribution < -0.4 is 10.2 Å². The minimum absolute atomic E-state index is 0.0299. The van der Waals surface area contributed by atoms with Gasteiger partial charge in [0.15, 0.2) is 0 Å². The predicted molar refractivity (Wildman–Crippen MR) is 109 cm³/mol. The maximum Gasteiger partial charge on any atom is 0.416 e. The Hall–Kier alpha value is -3.30. The molecule has 1 aromatic heterocycles. The van der Waals surface area contributed by atoms with Crippen molar-refractivity contribution < 1.29 is 27.9 Å². The highest BCUT2D eigenvalue weighted by atomic mass is 19.4. The van der Waals surface area contributed by atoms with Crippen molar-refractivity contribution in [2.75, 3.05) is 11.4 Å². The van der Waals surface area contributed by atoms with Gasteiger partial charge in [0.05, 0.1) is 30.4 Å². The number of anilines is 1. The number of hydrogen-bond donors (Lipinski definition) is 2. The van der Waals surface area contributed by atoms with Gasteiger partial charge in [0.25, 0.3) is 0 Å². The van der Waals surface area contributed by atoms with Crippen molar-refractivity contribution in [3.8, 4) is 11.1 Å². The van der Waals surface area contributed by atoms with E-state index >= 15 is 0 Å². The second-order valence-corrected chi connectivity index (χ2v) is 8.36. The number of fused-ring (bicyclic) bond motifs is 1. The standard InChI is InChI=1S/C21H23F3N4O3/c1-5-15(29)25-14-10-27(19(30)31)18-16(17(20(2,3)4)26-28(18)11-14)12-6-8-13(9-7-12)21(22,23)24/h5-9,14H,1,10-11H2,2-4H3,(H,25,29)(H,30,31). The Morgan fingerprint density at radius 2 is 1.81 bits per heavy atom. The van der Waals surface area contributed by atoms with E-state index < -0.39 is 35.2 Å². The molecule has 166 valence electrons. The van der Waals surface area contributed by atoms with Crippen LogP contribution >= 0.6 is 0 Å². The molecule has 2 aromatic rings. The SMILES string of the molecule is C=CC(=O)NC1CN(C(=O)O)c2c(-c3ccc(C(F)(F)F)cc3)c(C(C)(C)C)nn2C1. The molecule has 2 heterocycles. The first-order valence-electron chi connectivity index (χ1n) is 9.55. The fourth-order valence-electron chi connectivity index (χ4n) is 3.56. The van der Waals surface area contributed by atoms with Gasteiger partial charge in [-0.3, -0.25) is 9.69 Å². The molecule has 2 N–H and O–H groups in total. The summed E-state index contributed by atoms with van der Waals surface area (Å²) in [6.45, 7) is 9.23. The van der Waals surface area contributed by atoms with E-state index in [1.165, 1.54) is 16.8 Å². The fraction of sp³-hybridized carbons (Fsp3) is 0.381. The molecule has 0 radical (unpaired) electrons. The topological polar surface area (TPSA) is 87.5 Å². The van der Waals surface area contributed by atoms with E-state index in [2.05, 4.69) is 17.0 Å². The van der Waals surface area contributed by atoms with Crippen molar-refractivity contribution in [3.63, 3.8) is 0 Å². The first-order valence-corrected chi connectivity index (χ1v) is 9.55. The van der Waals surface area contributed by atoms with E-state index in [1.54, 1.807) is 0 Å². The van der Waals surface area contributed by atoms with Gasteiger partial charge in [-0.1, -0.05) is 39.5 Å². The Balaban J connectivity index is 2.17. The van der Waals surface area contributed by atoms with Crippen LogP contribution in [0.3, 0.4) is 0 Å². The van der Waals surface area contributed by atoms with Crippen molar-refractivity contribution in [2.45, 2.75) is 44.9 Å². The zero-order chi connectivity index (χ0) is 23.1. The maximum absolute atomic E-state index is 13.0. The highest BCUT2D eigenvalue weighted by Gasteiger charge is 2.38. The molecule has 1 aromatic carbocycles. The Kier molecular flexibility index (Phi) is 5.60. The second-order valence-electron chi connectivity index (χ2n) is 8.36. The molecule has 7 nitrogen and oxygen atoms in total. The average molecular weight is 436 g/mol. The van der Waals surface area contributed by atoms with Gasteiger partial charge < -0.3 is 10.4 Å². The zero-order valence-corrected chi connectivity index (χ0v) is 17.3. The van der Waals surface area contributed by atoms with Crippen LogP contribution in [0.25, 0.3) is 11.1 Å². The number of carboxylic acid groups (broad SMARTS) is 1. The zero-order valence-electron chi connectivity index (χ0n) is 17.3. The summed E-state index contributed by atoms with van der Waals surface area (Å²) in [5.41, 5.74) is 0.115. The second kappa shape index (κ2) is 7.75. The molecule has 2 amide bonds. The molecule has 0 saturated heterocycles. The summed E-state index contributed by atoms with van der Waals surface area (Å²) in [6, 6.07) is 4.03. The molecule has 3 rings (SSSR count). The molecule has 0 aliphatic carbocycles. The van der Waals surface area contributed by atoms with Gasteiger partial charge in [0, 0.05) is 11.0 Å². The molecule has 1 aliphatic heterocycles. The highest BCUT2D eigenvalue weighted by Crippen LogP contribution is 2.42. The van der Waals surface area contributed by atoms with Gasteiger partial charge in [-0.15, -0.1) is 0 Å². The third kappa shape index (κ3) is 4.42. The van der Waals surface area contributed by atoms with Gasteiger partial charge in [-0.2, -0.15) is 18.3 Å². The van der Waals surface area contributed by atoms with Gasteiger partial charge in [-0.25, -0.2) is 9.48 Å². The van der Waals surface area contributed by atoms with Crippen molar-refractivity contribution in [2.24, 2.45) is 0 Å². The molecule has 31 heavy (non-hydrogen) atoms. The molecule has 0 spiro atoms. The van der Waals surface area contributed by atoms with Crippen LogP contribution in [0.1, 0.15) is 32.0 Å². The average Bonchev–Trinajstić information content (AvgIpc) is 3.06. The molecule has 1 atom stereocenters. The Labute approximate surface area is 177 Å². The number of carbonyl (C=O) groups excluding carboxylic acids is 1. The molecular weight excluding hydrogens is 413 g/mol. The van der Waals surface area contributed by atoms with E-state index in [-0.39, 0.29) is 18.9 Å². The first-order chi connectivity index (χ1) is 14.3. The lowest BCUT2D eigenvalue weighted by atomic mass is 9.86. The fourth-order valence-corrected chi connectivity index (χ4v) is 3.56. The molecule has 0 fully saturated rings. The highest BCUT2D eigenvalue weighted by molar-refractivity contribution is 5.93. The van der Waals surface area contributed by atoms with E-state index in [0.29, 0.717) is 16.8 Å².